The normalized spacial score (nSPS) is 15.5. The summed E-state index contributed by atoms with van der Waals surface area (Å²) >= 11 is 0. The van der Waals surface area contributed by atoms with Gasteiger partial charge in [-0.3, -0.25) is 9.59 Å². The molecule has 2 N–H and O–H groups in total. The molecule has 22 heavy (non-hydrogen) atoms. The van der Waals surface area contributed by atoms with Crippen molar-refractivity contribution in [2.24, 2.45) is 5.41 Å². The fourth-order valence-electron chi connectivity index (χ4n) is 2.63. The Morgan fingerprint density at radius 3 is 2.50 bits per heavy atom. The molecule has 0 saturated heterocycles. The van der Waals surface area contributed by atoms with E-state index in [4.69, 9.17) is 5.11 Å². The van der Waals surface area contributed by atoms with Crippen LogP contribution < -0.4 is 5.32 Å². The zero-order valence-corrected chi connectivity index (χ0v) is 12.3. The van der Waals surface area contributed by atoms with E-state index >= 15 is 0 Å². The number of carbonyl (C=O) groups is 2. The molecule has 114 valence electrons. The van der Waals surface area contributed by atoms with E-state index in [-0.39, 0.29) is 12.5 Å². The topological polar surface area (TPSA) is 66.4 Å². The molecule has 0 atom stereocenters. The SMILES string of the molecule is O=C(CCc1ccc2ccccc2c1)NCC1(C(=O)O)CC1. The van der Waals surface area contributed by atoms with Gasteiger partial charge in [0.05, 0.1) is 5.41 Å². The summed E-state index contributed by atoms with van der Waals surface area (Å²) in [5.74, 6) is -0.886. The van der Waals surface area contributed by atoms with E-state index in [1.165, 1.54) is 10.8 Å². The number of carboxylic acids is 1. The Balaban J connectivity index is 1.53. The first kappa shape index (κ1) is 14.6. The van der Waals surface area contributed by atoms with Gasteiger partial charge in [-0.1, -0.05) is 42.5 Å². The number of carboxylic acid groups (broad SMARTS) is 1. The van der Waals surface area contributed by atoms with E-state index in [1.807, 2.05) is 18.2 Å². The molecular formula is C18H19NO3. The molecule has 2 aromatic carbocycles. The van der Waals surface area contributed by atoms with Gasteiger partial charge in [-0.15, -0.1) is 0 Å². The average molecular weight is 297 g/mol. The van der Waals surface area contributed by atoms with Gasteiger partial charge in [0.25, 0.3) is 0 Å². The number of benzene rings is 2. The van der Waals surface area contributed by atoms with Crippen molar-refractivity contribution in [2.45, 2.75) is 25.7 Å². The van der Waals surface area contributed by atoms with Gasteiger partial charge in [0.1, 0.15) is 0 Å². The average Bonchev–Trinajstić information content (AvgIpc) is 3.32. The Kier molecular flexibility index (Phi) is 3.84. The van der Waals surface area contributed by atoms with E-state index in [0.717, 1.165) is 5.56 Å². The van der Waals surface area contributed by atoms with E-state index in [2.05, 4.69) is 29.6 Å². The smallest absolute Gasteiger partial charge is 0.311 e. The standard InChI is InChI=1S/C18H19NO3/c20-16(19-12-18(9-10-18)17(21)22)8-6-13-5-7-14-3-1-2-4-15(14)11-13/h1-5,7,11H,6,8-10,12H2,(H,19,20)(H,21,22). The molecule has 0 radical (unpaired) electrons. The van der Waals surface area contributed by atoms with Crippen LogP contribution in [0.4, 0.5) is 0 Å². The summed E-state index contributed by atoms with van der Waals surface area (Å²) in [5, 5.41) is 14.2. The van der Waals surface area contributed by atoms with Crippen molar-refractivity contribution in [3.8, 4) is 0 Å². The van der Waals surface area contributed by atoms with Gasteiger partial charge in [0, 0.05) is 13.0 Å². The Bertz CT molecular complexity index is 719. The van der Waals surface area contributed by atoms with E-state index in [1.54, 1.807) is 0 Å². The monoisotopic (exact) mass is 297 g/mol. The van der Waals surface area contributed by atoms with Crippen molar-refractivity contribution >= 4 is 22.6 Å². The van der Waals surface area contributed by atoms with E-state index in [9.17, 15) is 9.59 Å². The lowest BCUT2D eigenvalue weighted by Gasteiger charge is -2.11. The Morgan fingerprint density at radius 2 is 1.82 bits per heavy atom. The van der Waals surface area contributed by atoms with Gasteiger partial charge in [0.15, 0.2) is 0 Å². The molecular weight excluding hydrogens is 278 g/mol. The lowest BCUT2D eigenvalue weighted by molar-refractivity contribution is -0.143. The molecule has 1 aliphatic rings. The molecule has 1 fully saturated rings. The van der Waals surface area contributed by atoms with Gasteiger partial charge < -0.3 is 10.4 Å². The van der Waals surface area contributed by atoms with Crippen molar-refractivity contribution < 1.29 is 14.7 Å². The minimum Gasteiger partial charge on any atom is -0.481 e. The highest BCUT2D eigenvalue weighted by Gasteiger charge is 2.50. The summed E-state index contributed by atoms with van der Waals surface area (Å²) in [6.45, 7) is 0.249. The number of hydrogen-bond acceptors (Lipinski definition) is 2. The van der Waals surface area contributed by atoms with Crippen LogP contribution in [0.2, 0.25) is 0 Å². The van der Waals surface area contributed by atoms with Gasteiger partial charge in [0.2, 0.25) is 5.91 Å². The van der Waals surface area contributed by atoms with Gasteiger partial charge in [-0.2, -0.15) is 0 Å². The van der Waals surface area contributed by atoms with Gasteiger partial charge >= 0.3 is 5.97 Å². The Hall–Kier alpha value is -2.36. The number of rotatable bonds is 6. The van der Waals surface area contributed by atoms with E-state index in [0.29, 0.717) is 25.7 Å². The second-order valence-electron chi connectivity index (χ2n) is 6.04. The molecule has 0 unspecified atom stereocenters. The molecule has 0 heterocycles. The number of aryl methyl sites for hydroxylation is 1. The molecule has 0 aliphatic heterocycles. The van der Waals surface area contributed by atoms with Crippen molar-refractivity contribution in [3.05, 3.63) is 48.0 Å². The van der Waals surface area contributed by atoms with E-state index < -0.39 is 11.4 Å². The van der Waals surface area contributed by atoms with Crippen LogP contribution in [-0.4, -0.2) is 23.5 Å². The molecule has 4 nitrogen and oxygen atoms in total. The molecule has 3 rings (SSSR count). The third-order valence-electron chi connectivity index (χ3n) is 4.39. The lowest BCUT2D eigenvalue weighted by atomic mass is 10.0. The van der Waals surface area contributed by atoms with Crippen LogP contribution in [-0.2, 0) is 16.0 Å². The summed E-state index contributed by atoms with van der Waals surface area (Å²) in [4.78, 5) is 22.9. The minimum atomic E-state index is -0.803. The first-order chi connectivity index (χ1) is 10.6. The first-order valence-electron chi connectivity index (χ1n) is 7.57. The zero-order chi connectivity index (χ0) is 15.6. The maximum Gasteiger partial charge on any atom is 0.311 e. The fraction of sp³-hybridized carbons (Fsp3) is 0.333. The summed E-state index contributed by atoms with van der Waals surface area (Å²) in [5.41, 5.74) is 0.423. The Labute approximate surface area is 129 Å². The summed E-state index contributed by atoms with van der Waals surface area (Å²) in [7, 11) is 0. The molecule has 0 bridgehead atoms. The van der Waals surface area contributed by atoms with Crippen LogP contribution >= 0.6 is 0 Å². The van der Waals surface area contributed by atoms with Gasteiger partial charge in [-0.05, 0) is 35.6 Å². The van der Waals surface area contributed by atoms with Crippen LogP contribution in [0.25, 0.3) is 10.8 Å². The van der Waals surface area contributed by atoms with Crippen molar-refractivity contribution in [2.75, 3.05) is 6.54 Å². The largest absolute Gasteiger partial charge is 0.481 e. The zero-order valence-electron chi connectivity index (χ0n) is 12.3. The molecule has 1 saturated carbocycles. The third kappa shape index (κ3) is 3.11. The summed E-state index contributed by atoms with van der Waals surface area (Å²) in [6.07, 6.45) is 2.37. The third-order valence-corrected chi connectivity index (χ3v) is 4.39. The Morgan fingerprint density at radius 1 is 1.09 bits per heavy atom. The molecule has 1 aliphatic carbocycles. The molecule has 2 aromatic rings. The second-order valence-corrected chi connectivity index (χ2v) is 6.04. The molecule has 0 spiro atoms. The molecule has 1 amide bonds. The van der Waals surface area contributed by atoms with Crippen LogP contribution in [0.15, 0.2) is 42.5 Å². The maximum atomic E-state index is 11.9. The van der Waals surface area contributed by atoms with Crippen molar-refractivity contribution in [3.63, 3.8) is 0 Å². The van der Waals surface area contributed by atoms with Crippen molar-refractivity contribution in [1.29, 1.82) is 0 Å². The number of hydrogen-bond donors (Lipinski definition) is 2. The highest BCUT2D eigenvalue weighted by molar-refractivity contribution is 5.83. The summed E-state index contributed by atoms with van der Waals surface area (Å²) in [6, 6.07) is 14.3. The highest BCUT2D eigenvalue weighted by atomic mass is 16.4. The van der Waals surface area contributed by atoms with Crippen LogP contribution in [0.5, 0.6) is 0 Å². The van der Waals surface area contributed by atoms with Crippen LogP contribution in [0.1, 0.15) is 24.8 Å². The number of carbonyl (C=O) groups excluding carboxylic acids is 1. The predicted molar refractivity (Wildman–Crippen MR) is 84.6 cm³/mol. The predicted octanol–water partition coefficient (Wildman–Crippen LogP) is 2.75. The minimum absolute atomic E-state index is 0.0827. The fourth-order valence-corrected chi connectivity index (χ4v) is 2.63. The number of amides is 1. The van der Waals surface area contributed by atoms with Crippen LogP contribution in [0, 0.1) is 5.41 Å². The summed E-state index contributed by atoms with van der Waals surface area (Å²) < 4.78 is 0. The van der Waals surface area contributed by atoms with Crippen LogP contribution in [0.3, 0.4) is 0 Å². The number of nitrogens with one attached hydrogen (secondary N) is 1. The quantitative estimate of drug-likeness (QED) is 0.861. The first-order valence-corrected chi connectivity index (χ1v) is 7.57. The second kappa shape index (κ2) is 5.79. The molecule has 0 aromatic heterocycles. The lowest BCUT2D eigenvalue weighted by Crippen LogP contribution is -2.34. The maximum absolute atomic E-state index is 11.9. The number of aliphatic carboxylic acids is 1. The van der Waals surface area contributed by atoms with Crippen molar-refractivity contribution in [1.82, 2.24) is 5.32 Å². The number of fused-ring (bicyclic) bond motifs is 1. The highest BCUT2D eigenvalue weighted by Crippen LogP contribution is 2.45. The van der Waals surface area contributed by atoms with Gasteiger partial charge in [-0.25, -0.2) is 0 Å². The molecule has 4 heteroatoms.